The number of hydrogen-bond acceptors (Lipinski definition) is 2. The van der Waals surface area contributed by atoms with Crippen LogP contribution in [0.4, 0.5) is 11.4 Å². The molecular formula is C12H17ClN2. The minimum Gasteiger partial charge on any atom is -0.377 e. The fourth-order valence-corrected chi connectivity index (χ4v) is 2.47. The maximum Gasteiger partial charge on any atom is 0.124 e. The van der Waals surface area contributed by atoms with Crippen LogP contribution in [0.3, 0.4) is 0 Å². The molecule has 0 aromatic heterocycles. The van der Waals surface area contributed by atoms with Gasteiger partial charge in [-0.15, -0.1) is 0 Å². The predicted molar refractivity (Wildman–Crippen MR) is 66.7 cm³/mol. The van der Waals surface area contributed by atoms with Gasteiger partial charge in [0.15, 0.2) is 0 Å². The Balaban J connectivity index is 2.36. The molecule has 1 aromatic carbocycles. The van der Waals surface area contributed by atoms with Gasteiger partial charge in [-0.05, 0) is 18.1 Å². The van der Waals surface area contributed by atoms with Gasteiger partial charge in [0.1, 0.15) is 5.50 Å². The molecule has 2 unspecified atom stereocenters. The molecular weight excluding hydrogens is 208 g/mol. The molecule has 0 aliphatic carbocycles. The minimum atomic E-state index is 0.0138. The molecule has 0 bridgehead atoms. The topological polar surface area (TPSA) is 15.3 Å². The van der Waals surface area contributed by atoms with Crippen molar-refractivity contribution in [1.29, 1.82) is 0 Å². The predicted octanol–water partition coefficient (Wildman–Crippen LogP) is 3.14. The minimum absolute atomic E-state index is 0.0138. The second-order valence-electron chi connectivity index (χ2n) is 4.41. The lowest BCUT2D eigenvalue weighted by Gasteiger charge is -2.41. The van der Waals surface area contributed by atoms with E-state index in [9.17, 15) is 0 Å². The lowest BCUT2D eigenvalue weighted by atomic mass is 10.00. The maximum absolute atomic E-state index is 6.42. The number of anilines is 2. The first-order valence-electron chi connectivity index (χ1n) is 5.33. The second kappa shape index (κ2) is 3.93. The molecule has 1 aliphatic heterocycles. The highest BCUT2D eigenvalue weighted by molar-refractivity contribution is 6.23. The molecule has 0 saturated carbocycles. The smallest absolute Gasteiger partial charge is 0.124 e. The molecule has 1 aromatic rings. The van der Waals surface area contributed by atoms with Crippen molar-refractivity contribution in [3.8, 4) is 0 Å². The Morgan fingerprint density at radius 1 is 1.33 bits per heavy atom. The van der Waals surface area contributed by atoms with Crippen molar-refractivity contribution >= 4 is 23.0 Å². The molecule has 3 heteroatoms. The molecule has 2 rings (SSSR count). The van der Waals surface area contributed by atoms with E-state index in [1.165, 1.54) is 11.4 Å². The third-order valence-corrected chi connectivity index (χ3v) is 3.56. The Bertz CT molecular complexity index is 351. The van der Waals surface area contributed by atoms with Crippen molar-refractivity contribution in [2.75, 3.05) is 17.3 Å². The van der Waals surface area contributed by atoms with Crippen molar-refractivity contribution in [2.24, 2.45) is 5.92 Å². The highest BCUT2D eigenvalue weighted by Gasteiger charge is 2.31. The molecule has 1 heterocycles. The first kappa shape index (κ1) is 10.6. The Morgan fingerprint density at radius 3 is 2.67 bits per heavy atom. The highest BCUT2D eigenvalue weighted by Crippen LogP contribution is 2.35. The number of fused-ring (bicyclic) bond motifs is 1. The van der Waals surface area contributed by atoms with Gasteiger partial charge in [0.05, 0.1) is 17.4 Å². The highest BCUT2D eigenvalue weighted by atomic mass is 35.5. The van der Waals surface area contributed by atoms with Gasteiger partial charge in [0, 0.05) is 7.05 Å². The SMILES string of the molecule is CC(C)C1Nc2ccccc2N(C)C1Cl. The summed E-state index contributed by atoms with van der Waals surface area (Å²) >= 11 is 6.42. The van der Waals surface area contributed by atoms with E-state index in [0.717, 1.165) is 0 Å². The van der Waals surface area contributed by atoms with Crippen molar-refractivity contribution in [1.82, 2.24) is 0 Å². The first-order valence-corrected chi connectivity index (χ1v) is 5.77. The van der Waals surface area contributed by atoms with Crippen molar-refractivity contribution in [3.63, 3.8) is 0 Å². The van der Waals surface area contributed by atoms with Crippen LogP contribution >= 0.6 is 11.6 Å². The number of alkyl halides is 1. The molecule has 82 valence electrons. The fraction of sp³-hybridized carbons (Fsp3) is 0.500. The number of nitrogens with zero attached hydrogens (tertiary/aromatic N) is 1. The number of hydrogen-bond donors (Lipinski definition) is 1. The van der Waals surface area contributed by atoms with E-state index < -0.39 is 0 Å². The molecule has 0 radical (unpaired) electrons. The lowest BCUT2D eigenvalue weighted by Crippen LogP contribution is -2.48. The number of halogens is 1. The largest absolute Gasteiger partial charge is 0.377 e. The molecule has 0 spiro atoms. The van der Waals surface area contributed by atoms with Gasteiger partial charge >= 0.3 is 0 Å². The number of rotatable bonds is 1. The van der Waals surface area contributed by atoms with Crippen LogP contribution in [-0.4, -0.2) is 18.6 Å². The summed E-state index contributed by atoms with van der Waals surface area (Å²) in [6.45, 7) is 4.38. The molecule has 0 saturated heterocycles. The van der Waals surface area contributed by atoms with Gasteiger partial charge in [-0.1, -0.05) is 37.6 Å². The summed E-state index contributed by atoms with van der Waals surface area (Å²) in [6, 6.07) is 8.58. The Kier molecular flexibility index (Phi) is 2.79. The lowest BCUT2D eigenvalue weighted by molar-refractivity contribution is 0.489. The summed E-state index contributed by atoms with van der Waals surface area (Å²) in [5.41, 5.74) is 2.37. The average molecular weight is 225 g/mol. The third kappa shape index (κ3) is 1.78. The summed E-state index contributed by atoms with van der Waals surface area (Å²) in [5, 5.41) is 3.50. The van der Waals surface area contributed by atoms with Gasteiger partial charge in [-0.2, -0.15) is 0 Å². The molecule has 0 amide bonds. The van der Waals surface area contributed by atoms with E-state index in [2.05, 4.69) is 36.2 Å². The van der Waals surface area contributed by atoms with Gasteiger partial charge in [0.25, 0.3) is 0 Å². The first-order chi connectivity index (χ1) is 7.11. The van der Waals surface area contributed by atoms with Crippen LogP contribution in [0, 0.1) is 5.92 Å². The van der Waals surface area contributed by atoms with Crippen LogP contribution in [0.25, 0.3) is 0 Å². The summed E-state index contributed by atoms with van der Waals surface area (Å²) in [7, 11) is 2.05. The Morgan fingerprint density at radius 2 is 2.00 bits per heavy atom. The normalized spacial score (nSPS) is 25.0. The van der Waals surface area contributed by atoms with E-state index >= 15 is 0 Å². The van der Waals surface area contributed by atoms with Crippen LogP contribution in [0.5, 0.6) is 0 Å². The summed E-state index contributed by atoms with van der Waals surface area (Å²) in [6.07, 6.45) is 0. The maximum atomic E-state index is 6.42. The zero-order valence-corrected chi connectivity index (χ0v) is 10.1. The van der Waals surface area contributed by atoms with Crippen molar-refractivity contribution in [3.05, 3.63) is 24.3 Å². The van der Waals surface area contributed by atoms with Crippen molar-refractivity contribution < 1.29 is 0 Å². The van der Waals surface area contributed by atoms with E-state index in [4.69, 9.17) is 11.6 Å². The molecule has 2 atom stereocenters. The van der Waals surface area contributed by atoms with Crippen LogP contribution in [0.2, 0.25) is 0 Å². The molecule has 0 fully saturated rings. The Labute approximate surface area is 96.2 Å². The summed E-state index contributed by atoms with van der Waals surface area (Å²) in [5.74, 6) is 0.517. The van der Waals surface area contributed by atoms with Gasteiger partial charge < -0.3 is 10.2 Å². The average Bonchev–Trinajstić information content (AvgIpc) is 2.23. The third-order valence-electron chi connectivity index (χ3n) is 2.99. The Hall–Kier alpha value is -0.890. The van der Waals surface area contributed by atoms with Crippen LogP contribution in [-0.2, 0) is 0 Å². The number of para-hydroxylation sites is 2. The van der Waals surface area contributed by atoms with E-state index in [1.807, 2.05) is 19.2 Å². The standard InChI is InChI=1S/C12H17ClN2/c1-8(2)11-12(13)15(3)10-7-5-4-6-9(10)14-11/h4-8,11-12,14H,1-3H3. The fourth-order valence-electron chi connectivity index (χ4n) is 2.01. The zero-order chi connectivity index (χ0) is 11.0. The van der Waals surface area contributed by atoms with Gasteiger partial charge in [0.2, 0.25) is 0 Å². The molecule has 15 heavy (non-hydrogen) atoms. The van der Waals surface area contributed by atoms with Crippen LogP contribution in [0.15, 0.2) is 24.3 Å². The number of nitrogens with one attached hydrogen (secondary N) is 1. The molecule has 2 nitrogen and oxygen atoms in total. The van der Waals surface area contributed by atoms with E-state index in [-0.39, 0.29) is 5.50 Å². The van der Waals surface area contributed by atoms with Gasteiger partial charge in [-0.25, -0.2) is 0 Å². The van der Waals surface area contributed by atoms with Crippen LogP contribution < -0.4 is 10.2 Å². The van der Waals surface area contributed by atoms with E-state index in [0.29, 0.717) is 12.0 Å². The van der Waals surface area contributed by atoms with E-state index in [1.54, 1.807) is 0 Å². The second-order valence-corrected chi connectivity index (χ2v) is 4.86. The quantitative estimate of drug-likeness (QED) is 0.583. The molecule has 1 aliphatic rings. The monoisotopic (exact) mass is 224 g/mol. The molecule has 1 N–H and O–H groups in total. The van der Waals surface area contributed by atoms with Gasteiger partial charge in [-0.3, -0.25) is 0 Å². The number of likely N-dealkylation sites (N-methyl/N-ethyl adjacent to an activating group) is 1. The van der Waals surface area contributed by atoms with Crippen molar-refractivity contribution in [2.45, 2.75) is 25.4 Å². The summed E-state index contributed by atoms with van der Waals surface area (Å²) in [4.78, 5) is 2.14. The zero-order valence-electron chi connectivity index (χ0n) is 9.37. The van der Waals surface area contributed by atoms with Crippen LogP contribution in [0.1, 0.15) is 13.8 Å². The summed E-state index contributed by atoms with van der Waals surface area (Å²) < 4.78 is 0. The number of benzene rings is 1.